The molecule has 0 radical (unpaired) electrons. The number of aryl methyl sites for hydroxylation is 1. The van der Waals surface area contributed by atoms with E-state index in [9.17, 15) is 4.79 Å². The van der Waals surface area contributed by atoms with E-state index in [1.807, 2.05) is 14.0 Å². The van der Waals surface area contributed by atoms with Gasteiger partial charge in [0, 0.05) is 25.2 Å². The quantitative estimate of drug-likeness (QED) is 0.906. The first-order valence-corrected chi connectivity index (χ1v) is 8.17. The minimum atomic E-state index is -0.183. The highest BCUT2D eigenvalue weighted by Gasteiger charge is 2.29. The van der Waals surface area contributed by atoms with Gasteiger partial charge in [-0.15, -0.1) is 0 Å². The van der Waals surface area contributed by atoms with Crippen molar-refractivity contribution in [1.29, 1.82) is 0 Å². The Morgan fingerprint density at radius 1 is 1.52 bits per heavy atom. The molecule has 21 heavy (non-hydrogen) atoms. The topological polar surface area (TPSA) is 50.2 Å². The molecule has 1 aromatic rings. The Morgan fingerprint density at radius 2 is 2.29 bits per heavy atom. The van der Waals surface area contributed by atoms with E-state index >= 15 is 0 Å². The minimum Gasteiger partial charge on any atom is -0.364 e. The van der Waals surface area contributed by atoms with E-state index in [-0.39, 0.29) is 5.56 Å². The molecule has 0 bridgehead atoms. The summed E-state index contributed by atoms with van der Waals surface area (Å²) >= 11 is 6.35. The number of hydrogen-bond acceptors (Lipinski definition) is 4. The number of hydrogen-bond donors (Lipinski definition) is 1. The number of nitrogens with one attached hydrogen (secondary N) is 1. The molecule has 2 atom stereocenters. The highest BCUT2D eigenvalue weighted by molar-refractivity contribution is 6.33. The Labute approximate surface area is 131 Å². The van der Waals surface area contributed by atoms with Crippen LogP contribution >= 0.6 is 11.6 Å². The van der Waals surface area contributed by atoms with Crippen molar-refractivity contribution in [2.45, 2.75) is 58.2 Å². The average Bonchev–Trinajstić information content (AvgIpc) is 2.51. The van der Waals surface area contributed by atoms with Gasteiger partial charge in [0.15, 0.2) is 0 Å². The van der Waals surface area contributed by atoms with Crippen molar-refractivity contribution in [3.8, 4) is 0 Å². The van der Waals surface area contributed by atoms with Gasteiger partial charge in [0.2, 0.25) is 0 Å². The lowest BCUT2D eigenvalue weighted by Gasteiger charge is -2.40. The third-order valence-corrected chi connectivity index (χ3v) is 4.65. The number of halogens is 1. The SMILES string of the molecule is CCCn1ncc(N2CCCCC2C(C)NC)c(Cl)c1=O. The number of likely N-dealkylation sites (N-methyl/N-ethyl adjacent to an activating group) is 1. The van der Waals surface area contributed by atoms with Crippen molar-refractivity contribution in [2.24, 2.45) is 0 Å². The van der Waals surface area contributed by atoms with E-state index in [2.05, 4.69) is 22.2 Å². The summed E-state index contributed by atoms with van der Waals surface area (Å²) in [5.41, 5.74) is 0.596. The zero-order valence-electron chi connectivity index (χ0n) is 13.1. The van der Waals surface area contributed by atoms with Crippen LogP contribution in [0.1, 0.15) is 39.5 Å². The lowest BCUT2D eigenvalue weighted by atomic mass is 9.96. The van der Waals surface area contributed by atoms with Crippen LogP contribution < -0.4 is 15.8 Å². The lowest BCUT2D eigenvalue weighted by molar-refractivity contribution is 0.381. The summed E-state index contributed by atoms with van der Waals surface area (Å²) < 4.78 is 1.45. The molecular weight excluding hydrogens is 288 g/mol. The van der Waals surface area contributed by atoms with Gasteiger partial charge in [0.1, 0.15) is 5.02 Å². The number of anilines is 1. The van der Waals surface area contributed by atoms with Crippen LogP contribution in [0.3, 0.4) is 0 Å². The summed E-state index contributed by atoms with van der Waals surface area (Å²) in [5.74, 6) is 0. The van der Waals surface area contributed by atoms with Crippen molar-refractivity contribution < 1.29 is 0 Å². The van der Waals surface area contributed by atoms with Crippen LogP contribution in [0, 0.1) is 0 Å². The van der Waals surface area contributed by atoms with Crippen molar-refractivity contribution in [3.05, 3.63) is 21.6 Å². The standard InChI is InChI=1S/C15H25ClN4O/c1-4-8-20-15(21)14(16)13(10-18-20)19-9-6-5-7-12(19)11(2)17-3/h10-12,17H,4-9H2,1-3H3. The predicted octanol–water partition coefficient (Wildman–Crippen LogP) is 2.27. The molecule has 1 saturated heterocycles. The van der Waals surface area contributed by atoms with Gasteiger partial charge in [-0.2, -0.15) is 5.10 Å². The highest BCUT2D eigenvalue weighted by atomic mass is 35.5. The van der Waals surface area contributed by atoms with Crippen LogP contribution in [0.2, 0.25) is 5.02 Å². The molecule has 5 nitrogen and oxygen atoms in total. The van der Waals surface area contributed by atoms with Crippen molar-refractivity contribution in [3.63, 3.8) is 0 Å². The number of rotatable bonds is 5. The fraction of sp³-hybridized carbons (Fsp3) is 0.733. The summed E-state index contributed by atoms with van der Waals surface area (Å²) in [4.78, 5) is 14.5. The van der Waals surface area contributed by atoms with Crippen LogP contribution in [0.25, 0.3) is 0 Å². The van der Waals surface area contributed by atoms with E-state index in [4.69, 9.17) is 11.6 Å². The fourth-order valence-electron chi connectivity index (χ4n) is 3.00. The fourth-order valence-corrected chi connectivity index (χ4v) is 3.25. The van der Waals surface area contributed by atoms with Crippen LogP contribution in [0.5, 0.6) is 0 Å². The molecule has 118 valence electrons. The van der Waals surface area contributed by atoms with Gasteiger partial charge in [0.25, 0.3) is 5.56 Å². The van der Waals surface area contributed by atoms with Crippen molar-refractivity contribution >= 4 is 17.3 Å². The molecule has 0 aliphatic carbocycles. The predicted molar refractivity (Wildman–Crippen MR) is 87.3 cm³/mol. The number of aromatic nitrogens is 2. The smallest absolute Gasteiger partial charge is 0.287 e. The van der Waals surface area contributed by atoms with Gasteiger partial charge in [-0.1, -0.05) is 18.5 Å². The third-order valence-electron chi connectivity index (χ3n) is 4.29. The van der Waals surface area contributed by atoms with Gasteiger partial charge < -0.3 is 10.2 Å². The van der Waals surface area contributed by atoms with Gasteiger partial charge in [-0.3, -0.25) is 4.79 Å². The highest BCUT2D eigenvalue weighted by Crippen LogP contribution is 2.29. The first-order valence-electron chi connectivity index (χ1n) is 7.79. The lowest BCUT2D eigenvalue weighted by Crippen LogP contribution is -2.51. The van der Waals surface area contributed by atoms with Crippen LogP contribution in [-0.2, 0) is 6.54 Å². The monoisotopic (exact) mass is 312 g/mol. The molecule has 2 heterocycles. The maximum atomic E-state index is 12.3. The minimum absolute atomic E-state index is 0.183. The second-order valence-electron chi connectivity index (χ2n) is 5.71. The second-order valence-corrected chi connectivity index (χ2v) is 6.08. The molecule has 0 amide bonds. The molecular formula is C15H25ClN4O. The molecule has 6 heteroatoms. The van der Waals surface area contributed by atoms with Gasteiger partial charge >= 0.3 is 0 Å². The van der Waals surface area contributed by atoms with E-state index in [0.29, 0.717) is 23.7 Å². The van der Waals surface area contributed by atoms with Gasteiger partial charge in [-0.05, 0) is 39.7 Å². The first kappa shape index (κ1) is 16.3. The molecule has 1 aliphatic rings. The molecule has 1 fully saturated rings. The second kappa shape index (κ2) is 7.27. The van der Waals surface area contributed by atoms with Crippen molar-refractivity contribution in [2.75, 3.05) is 18.5 Å². The maximum Gasteiger partial charge on any atom is 0.287 e. The summed E-state index contributed by atoms with van der Waals surface area (Å²) in [7, 11) is 1.97. The molecule has 0 aromatic carbocycles. The first-order chi connectivity index (χ1) is 10.1. The van der Waals surface area contributed by atoms with Crippen LogP contribution in [0.15, 0.2) is 11.0 Å². The van der Waals surface area contributed by atoms with E-state index < -0.39 is 0 Å². The summed E-state index contributed by atoms with van der Waals surface area (Å²) in [6.45, 7) is 5.72. The molecule has 1 aliphatic heterocycles. The third kappa shape index (κ3) is 3.40. The average molecular weight is 313 g/mol. The Balaban J connectivity index is 2.35. The summed E-state index contributed by atoms with van der Waals surface area (Å²) in [6, 6.07) is 0.698. The Morgan fingerprint density at radius 3 is 2.95 bits per heavy atom. The Bertz CT molecular complexity index is 531. The molecule has 0 saturated carbocycles. The molecule has 2 rings (SSSR count). The van der Waals surface area contributed by atoms with E-state index in [0.717, 1.165) is 31.5 Å². The molecule has 2 unspecified atom stereocenters. The molecule has 0 spiro atoms. The molecule has 1 N–H and O–H groups in total. The maximum absolute atomic E-state index is 12.3. The number of piperidine rings is 1. The van der Waals surface area contributed by atoms with Crippen molar-refractivity contribution in [1.82, 2.24) is 15.1 Å². The Hall–Kier alpha value is -1.07. The van der Waals surface area contributed by atoms with Gasteiger partial charge in [-0.25, -0.2) is 4.68 Å². The number of nitrogens with zero attached hydrogens (tertiary/aromatic N) is 3. The van der Waals surface area contributed by atoms with Crippen LogP contribution in [0.4, 0.5) is 5.69 Å². The zero-order valence-corrected chi connectivity index (χ0v) is 13.9. The van der Waals surface area contributed by atoms with Gasteiger partial charge in [0.05, 0.1) is 11.9 Å². The van der Waals surface area contributed by atoms with Crippen LogP contribution in [-0.4, -0.2) is 35.5 Å². The molecule has 1 aromatic heterocycles. The summed E-state index contributed by atoms with van der Waals surface area (Å²) in [5, 5.41) is 7.89. The van der Waals surface area contributed by atoms with E-state index in [1.54, 1.807) is 6.20 Å². The summed E-state index contributed by atoms with van der Waals surface area (Å²) in [6.07, 6.45) is 6.06. The zero-order chi connectivity index (χ0) is 15.4. The Kier molecular flexibility index (Phi) is 5.65. The van der Waals surface area contributed by atoms with E-state index in [1.165, 1.54) is 11.1 Å². The largest absolute Gasteiger partial charge is 0.364 e. The normalized spacial score (nSPS) is 20.6.